The van der Waals surface area contributed by atoms with Gasteiger partial charge in [0, 0.05) is 52.2 Å². The molecule has 0 saturated carbocycles. The predicted molar refractivity (Wildman–Crippen MR) is 151 cm³/mol. The average Bonchev–Trinajstić information content (AvgIpc) is 2.91. The van der Waals surface area contributed by atoms with Crippen molar-refractivity contribution in [2.45, 2.75) is 76.6 Å². The largest absolute Gasteiger partial charge is 0.423 e. The van der Waals surface area contributed by atoms with Gasteiger partial charge in [-0.2, -0.15) is 31.4 Å². The Kier molecular flexibility index (Phi) is 11.6. The van der Waals surface area contributed by atoms with Gasteiger partial charge in [0.1, 0.15) is 12.3 Å². The molecule has 3 heterocycles. The second-order valence-corrected chi connectivity index (χ2v) is 17.2. The van der Waals surface area contributed by atoms with Crippen molar-refractivity contribution in [3.05, 3.63) is 40.1 Å². The number of alkyl halides is 6. The van der Waals surface area contributed by atoms with Crippen LogP contribution in [0.4, 0.5) is 42.8 Å². The maximum atomic E-state index is 13.8. The third kappa shape index (κ3) is 10.6. The molecule has 0 spiro atoms. The first-order chi connectivity index (χ1) is 20.4. The lowest BCUT2D eigenvalue weighted by atomic mass is 10.1. The van der Waals surface area contributed by atoms with Crippen LogP contribution < -0.4 is 26.6 Å². The number of rotatable bonds is 12. The zero-order valence-corrected chi connectivity index (χ0v) is 25.7. The molecule has 1 saturated heterocycles. The predicted octanol–water partition coefficient (Wildman–Crippen LogP) is 4.08. The number of carbonyl (C=O) groups excluding carboxylic acids is 1. The number of halogens is 6. The summed E-state index contributed by atoms with van der Waals surface area (Å²) in [5.41, 5.74) is -2.10. The molecule has 1 fully saturated rings. The lowest BCUT2D eigenvalue weighted by molar-refractivity contribution is -0.139. The summed E-state index contributed by atoms with van der Waals surface area (Å²) in [6, 6.07) is -0.951. The van der Waals surface area contributed by atoms with Crippen LogP contribution in [0.1, 0.15) is 30.9 Å². The second-order valence-electron chi connectivity index (χ2n) is 11.5. The van der Waals surface area contributed by atoms with Crippen LogP contribution in [-0.2, 0) is 28.7 Å². The Hall–Kier alpha value is -3.45. The molecule has 246 valence electrons. The highest BCUT2D eigenvalue weighted by molar-refractivity contribution is 6.76. The number of hydrogen-bond acceptors (Lipinski definition) is 9. The quantitative estimate of drug-likeness (QED) is 0.134. The summed E-state index contributed by atoms with van der Waals surface area (Å²) in [5, 5.41) is 9.04. The smallest absolute Gasteiger partial charge is 0.378 e. The first-order valence-corrected chi connectivity index (χ1v) is 17.5. The van der Waals surface area contributed by atoms with Gasteiger partial charge in [-0.25, -0.2) is 24.9 Å². The van der Waals surface area contributed by atoms with Crippen molar-refractivity contribution >= 4 is 25.7 Å². The van der Waals surface area contributed by atoms with E-state index in [1.165, 1.54) is 6.92 Å². The van der Waals surface area contributed by atoms with Crippen molar-refractivity contribution < 1.29 is 40.7 Å². The third-order valence-corrected chi connectivity index (χ3v) is 8.22. The fourth-order valence-corrected chi connectivity index (χ4v) is 4.86. The summed E-state index contributed by atoms with van der Waals surface area (Å²) < 4.78 is 85.5. The number of aromatic nitrogens is 4. The van der Waals surface area contributed by atoms with E-state index in [1.54, 1.807) is 4.90 Å². The molecule has 19 heteroatoms. The number of amides is 2. The summed E-state index contributed by atoms with van der Waals surface area (Å²) in [6.07, 6.45) is -6.26. The van der Waals surface area contributed by atoms with E-state index in [2.05, 4.69) is 50.8 Å². The van der Waals surface area contributed by atoms with Crippen LogP contribution in [0.25, 0.3) is 0 Å². The Bertz CT molecular complexity index is 1300. The van der Waals surface area contributed by atoms with Crippen molar-refractivity contribution in [2.75, 3.05) is 36.5 Å². The van der Waals surface area contributed by atoms with Crippen molar-refractivity contribution in [1.29, 1.82) is 0 Å². The molecule has 2 amide bonds. The molecule has 2 aromatic heterocycles. The lowest BCUT2D eigenvalue weighted by Crippen LogP contribution is -2.48. The number of hydroxylamine groups is 1. The molecule has 0 bridgehead atoms. The number of piperidine rings is 1. The van der Waals surface area contributed by atoms with Crippen LogP contribution in [0.3, 0.4) is 0 Å². The van der Waals surface area contributed by atoms with E-state index < -0.39 is 61.6 Å². The Morgan fingerprint density at radius 3 is 2.27 bits per heavy atom. The molecule has 12 nitrogen and oxygen atoms in total. The number of nitrogens with zero attached hydrogens (tertiary/aromatic N) is 5. The first-order valence-electron chi connectivity index (χ1n) is 13.8. The summed E-state index contributed by atoms with van der Waals surface area (Å²) in [5.74, 6) is 0.151. The van der Waals surface area contributed by atoms with Gasteiger partial charge >= 0.3 is 18.4 Å². The first kappa shape index (κ1) is 35.0. The molecule has 1 atom stereocenters. The van der Waals surface area contributed by atoms with Crippen LogP contribution in [0, 0.1) is 0 Å². The molecule has 2 aromatic rings. The highest BCUT2D eigenvalue weighted by atomic mass is 28.3. The van der Waals surface area contributed by atoms with Crippen molar-refractivity contribution in [3.8, 4) is 0 Å². The molecular weight excluding hydrogens is 618 g/mol. The zero-order valence-electron chi connectivity index (χ0n) is 24.7. The van der Waals surface area contributed by atoms with E-state index in [0.29, 0.717) is 49.6 Å². The molecule has 0 aromatic carbocycles. The second kappa shape index (κ2) is 14.6. The van der Waals surface area contributed by atoms with Crippen molar-refractivity contribution in [1.82, 2.24) is 30.5 Å². The number of urea groups is 1. The Labute approximate surface area is 250 Å². The standard InChI is InChI=1S/C25H36F6N8O4Si/c1-16(35-19-13-34-39(15-42-9-10-44(2,3)4)21(40)20(19)25(29,30)31)14-43-37-23(41)36-18-5-7-38(8-6-18)22-32-11-17(12-33-22)24(26,27)28/h11-13,16,18,35H,5-10,14-15H2,1-4H3,(H2,36,37,41). The number of anilines is 2. The molecule has 44 heavy (non-hydrogen) atoms. The van der Waals surface area contributed by atoms with Gasteiger partial charge in [0.2, 0.25) is 5.95 Å². The normalized spacial score (nSPS) is 15.6. The van der Waals surface area contributed by atoms with E-state index in [-0.39, 0.29) is 18.6 Å². The third-order valence-electron chi connectivity index (χ3n) is 6.52. The number of nitrogens with one attached hydrogen (secondary N) is 3. The van der Waals surface area contributed by atoms with Crippen LogP contribution in [0.5, 0.6) is 0 Å². The molecule has 0 aliphatic carbocycles. The molecule has 0 radical (unpaired) electrons. The van der Waals surface area contributed by atoms with Gasteiger partial charge in [-0.1, -0.05) is 19.6 Å². The van der Waals surface area contributed by atoms with Gasteiger partial charge in [0.15, 0.2) is 0 Å². The fraction of sp³-hybridized carbons (Fsp3) is 0.640. The number of carbonyl (C=O) groups is 1. The van der Waals surface area contributed by atoms with Crippen LogP contribution in [0.2, 0.25) is 25.7 Å². The summed E-state index contributed by atoms with van der Waals surface area (Å²) in [4.78, 5) is 39.2. The topological polar surface area (TPSA) is 136 Å². The Morgan fingerprint density at radius 1 is 1.07 bits per heavy atom. The minimum absolute atomic E-state index is 0.151. The monoisotopic (exact) mass is 654 g/mol. The molecule has 1 aliphatic rings. The summed E-state index contributed by atoms with van der Waals surface area (Å²) in [7, 11) is -1.42. The Balaban J connectivity index is 1.44. The van der Waals surface area contributed by atoms with Crippen LogP contribution in [0.15, 0.2) is 23.4 Å². The average molecular weight is 655 g/mol. The van der Waals surface area contributed by atoms with Crippen LogP contribution in [-0.4, -0.2) is 72.2 Å². The van der Waals surface area contributed by atoms with E-state index in [9.17, 15) is 35.9 Å². The van der Waals surface area contributed by atoms with Crippen molar-refractivity contribution in [2.24, 2.45) is 0 Å². The highest BCUT2D eigenvalue weighted by Crippen LogP contribution is 2.32. The minimum Gasteiger partial charge on any atom is -0.378 e. The number of hydrogen-bond donors (Lipinski definition) is 3. The van der Waals surface area contributed by atoms with Gasteiger partial charge in [-0.3, -0.25) is 9.63 Å². The van der Waals surface area contributed by atoms with E-state index in [1.807, 2.05) is 0 Å². The molecule has 1 unspecified atom stereocenters. The van der Waals surface area contributed by atoms with Gasteiger partial charge in [0.25, 0.3) is 5.56 Å². The summed E-state index contributed by atoms with van der Waals surface area (Å²) >= 11 is 0. The SMILES string of the molecule is CC(CONC(=O)NC1CCN(c2ncc(C(F)(F)F)cn2)CC1)Nc1cnn(COCC[Si](C)(C)C)c(=O)c1C(F)(F)F. The van der Waals surface area contributed by atoms with Gasteiger partial charge in [-0.15, -0.1) is 0 Å². The molecule has 1 aliphatic heterocycles. The summed E-state index contributed by atoms with van der Waals surface area (Å²) in [6.45, 7) is 8.26. The minimum atomic E-state index is -4.96. The maximum absolute atomic E-state index is 13.8. The lowest BCUT2D eigenvalue weighted by Gasteiger charge is -2.32. The van der Waals surface area contributed by atoms with Gasteiger partial charge in [0.05, 0.1) is 24.1 Å². The maximum Gasteiger partial charge on any atom is 0.423 e. The van der Waals surface area contributed by atoms with Crippen molar-refractivity contribution in [3.63, 3.8) is 0 Å². The number of ether oxygens (including phenoxy) is 1. The van der Waals surface area contributed by atoms with Gasteiger partial charge in [-0.05, 0) is 25.8 Å². The zero-order chi connectivity index (χ0) is 32.7. The van der Waals surface area contributed by atoms with E-state index >= 15 is 0 Å². The Morgan fingerprint density at radius 2 is 1.70 bits per heavy atom. The highest BCUT2D eigenvalue weighted by Gasteiger charge is 2.38. The fourth-order valence-electron chi connectivity index (χ4n) is 4.10. The van der Waals surface area contributed by atoms with Crippen LogP contribution >= 0.6 is 0 Å². The molecule has 3 N–H and O–H groups in total. The molecular formula is C25H36F6N8O4Si. The molecule has 3 rings (SSSR count). The van der Waals surface area contributed by atoms with Gasteiger partial charge < -0.3 is 20.3 Å². The van der Waals surface area contributed by atoms with E-state index in [4.69, 9.17) is 9.57 Å². The van der Waals surface area contributed by atoms with E-state index in [0.717, 1.165) is 12.2 Å².